The van der Waals surface area contributed by atoms with Crippen molar-refractivity contribution in [2.45, 2.75) is 6.92 Å². The zero-order valence-corrected chi connectivity index (χ0v) is 14.1. The number of aryl methyl sites for hydroxylation is 2. The second kappa shape index (κ2) is 8.15. The van der Waals surface area contributed by atoms with Gasteiger partial charge < -0.3 is 20.7 Å². The number of amides is 1. The van der Waals surface area contributed by atoms with Crippen molar-refractivity contribution < 1.29 is 19.4 Å². The number of fused-ring (bicyclic) bond motifs is 3. The summed E-state index contributed by atoms with van der Waals surface area (Å²) in [5, 5.41) is 11.3. The number of nitrogens with two attached hydrogens (primary N) is 1. The van der Waals surface area contributed by atoms with Crippen molar-refractivity contribution in [2.24, 2.45) is 12.8 Å². The first-order chi connectivity index (χ1) is 11.4. The first kappa shape index (κ1) is 20.0. The molecule has 0 saturated carbocycles. The summed E-state index contributed by atoms with van der Waals surface area (Å²) in [6.45, 7) is 1.93. The molecule has 0 unspecified atom stereocenters. The molecule has 3 aromatic rings. The van der Waals surface area contributed by atoms with Crippen LogP contribution in [0.5, 0.6) is 0 Å². The third-order valence-electron chi connectivity index (χ3n) is 3.50. The van der Waals surface area contributed by atoms with Crippen LogP contribution >= 0.6 is 0 Å². The number of rotatable bonds is 3. The highest BCUT2D eigenvalue weighted by molar-refractivity contribution is 6.11. The van der Waals surface area contributed by atoms with Crippen LogP contribution in [-0.2, 0) is 11.8 Å². The van der Waals surface area contributed by atoms with E-state index in [2.05, 4.69) is 15.3 Å². The highest BCUT2D eigenvalue weighted by Gasteiger charge is 2.17. The number of carboxylic acids is 1. The van der Waals surface area contributed by atoms with Crippen LogP contribution in [0.15, 0.2) is 24.3 Å². The Balaban J connectivity index is 0.000000390. The van der Waals surface area contributed by atoms with E-state index in [1.165, 1.54) is 0 Å². The van der Waals surface area contributed by atoms with Crippen LogP contribution < -0.4 is 11.1 Å². The number of primary amides is 1. The molecule has 0 aliphatic rings. The SMILES string of the molecule is CNCC(=O)O.Cc1nc2c(C(N)=O)nc3ccccc3c2n1C.F. The lowest BCUT2D eigenvalue weighted by atomic mass is 10.1. The van der Waals surface area contributed by atoms with E-state index in [1.54, 1.807) is 7.05 Å². The van der Waals surface area contributed by atoms with Crippen LogP contribution in [-0.4, -0.2) is 45.1 Å². The van der Waals surface area contributed by atoms with Crippen molar-refractivity contribution >= 4 is 33.8 Å². The number of aromatic nitrogens is 3. The number of aliphatic carboxylic acids is 1. The minimum atomic E-state index is -0.822. The normalized spacial score (nSPS) is 10.0. The van der Waals surface area contributed by atoms with Crippen LogP contribution in [0.2, 0.25) is 0 Å². The van der Waals surface area contributed by atoms with Gasteiger partial charge in [-0.1, -0.05) is 18.2 Å². The quantitative estimate of drug-likeness (QED) is 0.647. The molecule has 4 N–H and O–H groups in total. The zero-order valence-electron chi connectivity index (χ0n) is 14.1. The molecule has 0 radical (unpaired) electrons. The van der Waals surface area contributed by atoms with Gasteiger partial charge in [0.15, 0.2) is 5.69 Å². The second-order valence-corrected chi connectivity index (χ2v) is 5.18. The third kappa shape index (κ3) is 4.07. The first-order valence-corrected chi connectivity index (χ1v) is 7.24. The highest BCUT2D eigenvalue weighted by Crippen LogP contribution is 2.26. The summed E-state index contributed by atoms with van der Waals surface area (Å²) in [6.07, 6.45) is 0. The standard InChI is InChI=1S/C13H12N4O.C3H7NO2.FH/c1-7-15-10-11(13(14)18)16-9-6-4-3-5-8(9)12(10)17(7)2;1-4-2-3(5)6;/h3-6H,1-2H3,(H2,14,18);4H,2H2,1H3,(H,5,6);1H. The molecule has 0 saturated heterocycles. The van der Waals surface area contributed by atoms with Crippen LogP contribution in [0.1, 0.15) is 16.3 Å². The fourth-order valence-corrected chi connectivity index (χ4v) is 2.35. The number of para-hydroxylation sites is 1. The topological polar surface area (TPSA) is 123 Å². The molecule has 2 aromatic heterocycles. The Kier molecular flexibility index (Phi) is 6.52. The summed E-state index contributed by atoms with van der Waals surface area (Å²) >= 11 is 0. The Hall–Kier alpha value is -3.07. The smallest absolute Gasteiger partial charge is 0.317 e. The number of pyridine rings is 1. The van der Waals surface area contributed by atoms with Gasteiger partial charge in [0, 0.05) is 12.4 Å². The van der Waals surface area contributed by atoms with E-state index in [1.807, 2.05) is 42.8 Å². The predicted molar refractivity (Wildman–Crippen MR) is 93.3 cm³/mol. The Morgan fingerprint density at radius 2 is 1.92 bits per heavy atom. The molecular weight excluding hydrogens is 329 g/mol. The van der Waals surface area contributed by atoms with Crippen molar-refractivity contribution in [3.05, 3.63) is 35.8 Å². The fraction of sp³-hybridized carbons (Fsp3) is 0.250. The molecule has 134 valence electrons. The van der Waals surface area contributed by atoms with Gasteiger partial charge in [-0.05, 0) is 20.0 Å². The number of hydrogen-bond acceptors (Lipinski definition) is 5. The van der Waals surface area contributed by atoms with Crippen molar-refractivity contribution in [2.75, 3.05) is 13.6 Å². The van der Waals surface area contributed by atoms with E-state index < -0.39 is 11.9 Å². The highest BCUT2D eigenvalue weighted by atomic mass is 19.0. The monoisotopic (exact) mass is 349 g/mol. The van der Waals surface area contributed by atoms with E-state index in [9.17, 15) is 9.59 Å². The van der Waals surface area contributed by atoms with Gasteiger partial charge in [0.1, 0.15) is 11.3 Å². The van der Waals surface area contributed by atoms with Gasteiger partial charge in [0.25, 0.3) is 5.91 Å². The lowest BCUT2D eigenvalue weighted by molar-refractivity contribution is -0.135. The van der Waals surface area contributed by atoms with Crippen molar-refractivity contribution in [1.29, 1.82) is 0 Å². The number of hydrogen-bond donors (Lipinski definition) is 3. The van der Waals surface area contributed by atoms with Crippen LogP contribution in [0, 0.1) is 6.92 Å². The maximum absolute atomic E-state index is 11.5. The summed E-state index contributed by atoms with van der Waals surface area (Å²) in [5.41, 5.74) is 7.83. The number of carboxylic acid groups (broad SMARTS) is 1. The average molecular weight is 349 g/mol. The van der Waals surface area contributed by atoms with Gasteiger partial charge in [0.05, 0.1) is 17.6 Å². The molecule has 9 heteroatoms. The van der Waals surface area contributed by atoms with E-state index >= 15 is 0 Å². The van der Waals surface area contributed by atoms with E-state index in [0.717, 1.165) is 22.2 Å². The minimum absolute atomic E-state index is 0. The predicted octanol–water partition coefficient (Wildman–Crippen LogP) is 0.972. The lowest BCUT2D eigenvalue weighted by Crippen LogP contribution is -2.16. The van der Waals surface area contributed by atoms with Crippen molar-refractivity contribution in [3.63, 3.8) is 0 Å². The van der Waals surface area contributed by atoms with Gasteiger partial charge in [-0.25, -0.2) is 9.97 Å². The number of nitrogens with one attached hydrogen (secondary N) is 1. The summed E-state index contributed by atoms with van der Waals surface area (Å²) in [4.78, 5) is 29.7. The van der Waals surface area contributed by atoms with Crippen LogP contribution in [0.4, 0.5) is 4.70 Å². The second-order valence-electron chi connectivity index (χ2n) is 5.18. The van der Waals surface area contributed by atoms with Crippen LogP contribution in [0.3, 0.4) is 0 Å². The maximum atomic E-state index is 11.5. The summed E-state index contributed by atoms with van der Waals surface area (Å²) in [6, 6.07) is 7.66. The Morgan fingerprint density at radius 3 is 2.44 bits per heavy atom. The summed E-state index contributed by atoms with van der Waals surface area (Å²) in [7, 11) is 3.51. The van der Waals surface area contributed by atoms with Gasteiger partial charge in [-0.2, -0.15) is 0 Å². The molecule has 0 spiro atoms. The van der Waals surface area contributed by atoms with Gasteiger partial charge in [-0.3, -0.25) is 14.3 Å². The van der Waals surface area contributed by atoms with E-state index in [-0.39, 0.29) is 16.9 Å². The number of likely N-dealkylation sites (N-methyl/N-ethyl adjacent to an activating group) is 1. The Bertz CT molecular complexity index is 923. The molecule has 0 aliphatic heterocycles. The Labute approximate surface area is 143 Å². The number of carbonyl (C=O) groups excluding carboxylic acids is 1. The fourth-order valence-electron chi connectivity index (χ4n) is 2.35. The molecule has 1 aromatic carbocycles. The molecule has 1 amide bonds. The van der Waals surface area contributed by atoms with Crippen molar-refractivity contribution in [1.82, 2.24) is 19.9 Å². The lowest BCUT2D eigenvalue weighted by Gasteiger charge is -2.04. The number of imidazole rings is 1. The average Bonchev–Trinajstić information content (AvgIpc) is 2.82. The molecule has 25 heavy (non-hydrogen) atoms. The largest absolute Gasteiger partial charge is 0.480 e. The third-order valence-corrected chi connectivity index (χ3v) is 3.50. The Morgan fingerprint density at radius 1 is 1.28 bits per heavy atom. The number of nitrogens with zero attached hydrogens (tertiary/aromatic N) is 3. The summed E-state index contributed by atoms with van der Waals surface area (Å²) in [5.74, 6) is -0.549. The number of halogens is 1. The van der Waals surface area contributed by atoms with Crippen LogP contribution in [0.25, 0.3) is 21.9 Å². The van der Waals surface area contributed by atoms with Crippen molar-refractivity contribution in [3.8, 4) is 0 Å². The number of carbonyl (C=O) groups is 2. The van der Waals surface area contributed by atoms with Gasteiger partial charge >= 0.3 is 5.97 Å². The molecule has 0 bridgehead atoms. The maximum Gasteiger partial charge on any atom is 0.317 e. The molecule has 0 fully saturated rings. The minimum Gasteiger partial charge on any atom is -0.480 e. The van der Waals surface area contributed by atoms with E-state index in [0.29, 0.717) is 5.52 Å². The molecular formula is C16H20FN5O3. The summed E-state index contributed by atoms with van der Waals surface area (Å²) < 4.78 is 1.95. The molecule has 8 nitrogen and oxygen atoms in total. The first-order valence-electron chi connectivity index (χ1n) is 7.24. The van der Waals surface area contributed by atoms with Gasteiger partial charge in [0.2, 0.25) is 0 Å². The molecule has 2 heterocycles. The zero-order chi connectivity index (χ0) is 17.9. The molecule has 0 aliphatic carbocycles. The molecule has 3 rings (SSSR count). The van der Waals surface area contributed by atoms with Gasteiger partial charge in [-0.15, -0.1) is 0 Å². The molecule has 0 atom stereocenters. The van der Waals surface area contributed by atoms with E-state index in [4.69, 9.17) is 10.8 Å². The number of benzene rings is 1.